The van der Waals surface area contributed by atoms with Gasteiger partial charge in [-0.25, -0.2) is 4.98 Å². The van der Waals surface area contributed by atoms with Crippen molar-refractivity contribution in [3.8, 4) is 0 Å². The quantitative estimate of drug-likeness (QED) is 0.874. The van der Waals surface area contributed by atoms with Crippen LogP contribution in [0.15, 0.2) is 11.6 Å². The largest absolute Gasteiger partial charge is 0.481 e. The number of hydrogen-bond acceptors (Lipinski definition) is 5. The molecule has 1 fully saturated rings. The molecule has 0 amide bonds. The summed E-state index contributed by atoms with van der Waals surface area (Å²) < 4.78 is 0. The highest BCUT2D eigenvalue weighted by atomic mass is 32.2. The lowest BCUT2D eigenvalue weighted by Crippen LogP contribution is -2.43. The Bertz CT molecular complexity index is 329. The number of carbonyl (C=O) groups is 1. The number of carboxylic acid groups (broad SMARTS) is 1. The normalized spacial score (nSPS) is 21.6. The fourth-order valence-electron chi connectivity index (χ4n) is 1.64. The Balaban J connectivity index is 2.09. The van der Waals surface area contributed by atoms with E-state index in [1.165, 1.54) is 0 Å². The van der Waals surface area contributed by atoms with Gasteiger partial charge in [0.25, 0.3) is 0 Å². The number of hydrogen-bond donors (Lipinski definition) is 1. The number of rotatable bonds is 3. The van der Waals surface area contributed by atoms with E-state index in [0.29, 0.717) is 0 Å². The predicted molar refractivity (Wildman–Crippen MR) is 62.8 cm³/mol. The molecule has 1 N–H and O–H groups in total. The van der Waals surface area contributed by atoms with Crippen LogP contribution in [0.25, 0.3) is 0 Å². The van der Waals surface area contributed by atoms with Crippen molar-refractivity contribution >= 4 is 34.2 Å². The monoisotopic (exact) mass is 244 g/mol. The Morgan fingerprint density at radius 1 is 1.73 bits per heavy atom. The van der Waals surface area contributed by atoms with Crippen LogP contribution in [0.4, 0.5) is 5.13 Å². The average molecular weight is 244 g/mol. The van der Waals surface area contributed by atoms with Crippen molar-refractivity contribution in [3.05, 3.63) is 11.6 Å². The number of thiazole rings is 1. The Labute approximate surface area is 96.3 Å². The maximum Gasteiger partial charge on any atom is 0.305 e. The third-order valence-electron chi connectivity index (χ3n) is 2.30. The number of aromatic nitrogens is 1. The summed E-state index contributed by atoms with van der Waals surface area (Å²) >= 11 is 3.39. The fourth-order valence-corrected chi connectivity index (χ4v) is 3.44. The molecule has 0 bridgehead atoms. The minimum absolute atomic E-state index is 0.0902. The molecule has 0 aromatic carbocycles. The van der Waals surface area contributed by atoms with Crippen LogP contribution >= 0.6 is 23.1 Å². The molecule has 2 heterocycles. The highest BCUT2D eigenvalue weighted by molar-refractivity contribution is 7.99. The van der Waals surface area contributed by atoms with Gasteiger partial charge in [-0.2, -0.15) is 11.8 Å². The standard InChI is InChI=1S/C9H12N2O2S2/c12-8(13)5-7-6-14-4-2-11(7)9-10-1-3-15-9/h1,3,7H,2,4-6H2,(H,12,13). The maximum atomic E-state index is 10.7. The predicted octanol–water partition coefficient (Wildman–Crippen LogP) is 1.54. The van der Waals surface area contributed by atoms with Gasteiger partial charge in [0.05, 0.1) is 12.5 Å². The number of thioether (sulfide) groups is 1. The first-order valence-electron chi connectivity index (χ1n) is 4.73. The van der Waals surface area contributed by atoms with Gasteiger partial charge in [0.2, 0.25) is 0 Å². The summed E-state index contributed by atoms with van der Waals surface area (Å²) in [5.74, 6) is 1.20. The van der Waals surface area contributed by atoms with Gasteiger partial charge in [0.1, 0.15) is 0 Å². The average Bonchev–Trinajstić information content (AvgIpc) is 2.70. The molecular formula is C9H12N2O2S2. The summed E-state index contributed by atoms with van der Waals surface area (Å²) in [5.41, 5.74) is 0. The molecule has 4 nitrogen and oxygen atoms in total. The van der Waals surface area contributed by atoms with Crippen LogP contribution in [-0.4, -0.2) is 40.2 Å². The van der Waals surface area contributed by atoms with Crippen molar-refractivity contribution < 1.29 is 9.90 Å². The molecule has 0 radical (unpaired) electrons. The van der Waals surface area contributed by atoms with Gasteiger partial charge < -0.3 is 10.0 Å². The van der Waals surface area contributed by atoms with Crippen LogP contribution in [0.2, 0.25) is 0 Å². The van der Waals surface area contributed by atoms with Crippen LogP contribution in [0, 0.1) is 0 Å². The molecule has 0 aliphatic carbocycles. The Morgan fingerprint density at radius 3 is 3.27 bits per heavy atom. The second-order valence-electron chi connectivity index (χ2n) is 3.33. The Hall–Kier alpha value is -0.750. The van der Waals surface area contributed by atoms with E-state index < -0.39 is 5.97 Å². The van der Waals surface area contributed by atoms with Crippen molar-refractivity contribution in [2.75, 3.05) is 23.0 Å². The minimum atomic E-state index is -0.732. The van der Waals surface area contributed by atoms with Crippen LogP contribution in [0.1, 0.15) is 6.42 Å². The van der Waals surface area contributed by atoms with Crippen molar-refractivity contribution in [1.29, 1.82) is 0 Å². The molecule has 1 unspecified atom stereocenters. The van der Waals surface area contributed by atoms with Gasteiger partial charge in [0, 0.05) is 29.6 Å². The zero-order valence-electron chi connectivity index (χ0n) is 8.13. The first-order chi connectivity index (χ1) is 7.27. The zero-order valence-corrected chi connectivity index (χ0v) is 9.76. The van der Waals surface area contributed by atoms with Gasteiger partial charge in [-0.05, 0) is 0 Å². The van der Waals surface area contributed by atoms with E-state index in [1.54, 1.807) is 17.5 Å². The summed E-state index contributed by atoms with van der Waals surface area (Å²) in [6.45, 7) is 0.899. The highest BCUT2D eigenvalue weighted by Crippen LogP contribution is 2.27. The van der Waals surface area contributed by atoms with Crippen molar-refractivity contribution in [3.63, 3.8) is 0 Å². The highest BCUT2D eigenvalue weighted by Gasteiger charge is 2.26. The molecule has 82 valence electrons. The third-order valence-corrected chi connectivity index (χ3v) is 4.20. The van der Waals surface area contributed by atoms with E-state index in [4.69, 9.17) is 5.11 Å². The molecule has 1 aromatic heterocycles. The first-order valence-corrected chi connectivity index (χ1v) is 6.76. The topological polar surface area (TPSA) is 53.4 Å². The van der Waals surface area contributed by atoms with Gasteiger partial charge in [-0.3, -0.25) is 4.79 Å². The van der Waals surface area contributed by atoms with Crippen LogP contribution < -0.4 is 4.90 Å². The molecule has 2 rings (SSSR count). The lowest BCUT2D eigenvalue weighted by atomic mass is 10.2. The first kappa shape index (κ1) is 10.8. The van der Waals surface area contributed by atoms with Crippen molar-refractivity contribution in [2.24, 2.45) is 0 Å². The summed E-state index contributed by atoms with van der Waals surface area (Å²) in [4.78, 5) is 17.1. The van der Waals surface area contributed by atoms with Crippen molar-refractivity contribution in [1.82, 2.24) is 4.98 Å². The number of anilines is 1. The molecular weight excluding hydrogens is 232 g/mol. The van der Waals surface area contributed by atoms with Gasteiger partial charge in [-0.15, -0.1) is 11.3 Å². The van der Waals surface area contributed by atoms with Gasteiger partial charge in [-0.1, -0.05) is 0 Å². The van der Waals surface area contributed by atoms with E-state index in [9.17, 15) is 4.79 Å². The second-order valence-corrected chi connectivity index (χ2v) is 5.36. The molecule has 1 saturated heterocycles. The molecule has 0 saturated carbocycles. The second kappa shape index (κ2) is 4.85. The lowest BCUT2D eigenvalue weighted by molar-refractivity contribution is -0.137. The SMILES string of the molecule is O=C(O)CC1CSCCN1c1nccs1. The summed E-state index contributed by atoms with van der Waals surface area (Å²) in [6.07, 6.45) is 1.96. The van der Waals surface area contributed by atoms with E-state index in [2.05, 4.69) is 9.88 Å². The number of nitrogens with zero attached hydrogens (tertiary/aromatic N) is 2. The maximum absolute atomic E-state index is 10.7. The van der Waals surface area contributed by atoms with E-state index in [-0.39, 0.29) is 12.5 Å². The Kier molecular flexibility index (Phi) is 3.48. The zero-order chi connectivity index (χ0) is 10.7. The van der Waals surface area contributed by atoms with E-state index in [1.807, 2.05) is 17.1 Å². The molecule has 0 spiro atoms. The number of carboxylic acids is 1. The van der Waals surface area contributed by atoms with Gasteiger partial charge in [0.15, 0.2) is 5.13 Å². The lowest BCUT2D eigenvalue weighted by Gasteiger charge is -2.34. The van der Waals surface area contributed by atoms with E-state index >= 15 is 0 Å². The third kappa shape index (κ3) is 2.63. The van der Waals surface area contributed by atoms with E-state index in [0.717, 1.165) is 23.2 Å². The molecule has 15 heavy (non-hydrogen) atoms. The van der Waals surface area contributed by atoms with Gasteiger partial charge >= 0.3 is 5.97 Å². The fraction of sp³-hybridized carbons (Fsp3) is 0.556. The minimum Gasteiger partial charge on any atom is -0.481 e. The van der Waals surface area contributed by atoms with Crippen LogP contribution in [-0.2, 0) is 4.79 Å². The Morgan fingerprint density at radius 2 is 2.60 bits per heavy atom. The number of aliphatic carboxylic acids is 1. The van der Waals surface area contributed by atoms with Crippen LogP contribution in [0.5, 0.6) is 0 Å². The molecule has 1 aliphatic rings. The molecule has 1 atom stereocenters. The summed E-state index contributed by atoms with van der Waals surface area (Å²) in [7, 11) is 0. The smallest absolute Gasteiger partial charge is 0.305 e. The molecule has 1 aromatic rings. The summed E-state index contributed by atoms with van der Waals surface area (Å²) in [6, 6.07) is 0.0902. The molecule has 6 heteroatoms. The molecule has 1 aliphatic heterocycles. The summed E-state index contributed by atoms with van der Waals surface area (Å²) in [5, 5.41) is 11.7. The van der Waals surface area contributed by atoms with Crippen LogP contribution in [0.3, 0.4) is 0 Å². The van der Waals surface area contributed by atoms with Crippen molar-refractivity contribution in [2.45, 2.75) is 12.5 Å².